The summed E-state index contributed by atoms with van der Waals surface area (Å²) in [6.45, 7) is 3.80. The molecule has 1 N–H and O–H groups in total. The van der Waals surface area contributed by atoms with Crippen LogP contribution in [0.15, 0.2) is 72.9 Å². The number of hydrogen-bond acceptors (Lipinski definition) is 5. The Bertz CT molecular complexity index is 1480. The molecule has 208 valence electrons. The Morgan fingerprint density at radius 2 is 1.68 bits per heavy atom. The molecule has 0 aliphatic rings. The zero-order chi connectivity index (χ0) is 28.8. The molecule has 0 saturated heterocycles. The molecule has 0 aliphatic carbocycles. The van der Waals surface area contributed by atoms with Crippen molar-refractivity contribution in [1.29, 1.82) is 0 Å². The van der Waals surface area contributed by atoms with Gasteiger partial charge in [0, 0.05) is 41.5 Å². The van der Waals surface area contributed by atoms with Gasteiger partial charge in [0.25, 0.3) is 5.91 Å². The molecule has 0 bridgehead atoms. The average molecular weight is 565 g/mol. The van der Waals surface area contributed by atoms with Gasteiger partial charge in [-0.2, -0.15) is 0 Å². The number of rotatable bonds is 10. The second kappa shape index (κ2) is 12.7. The maximum Gasteiger partial charge on any atom is 0.257 e. The lowest BCUT2D eigenvalue weighted by molar-refractivity contribution is -0.117. The first-order valence-electron chi connectivity index (χ1n) is 12.6. The number of nitrogens with one attached hydrogen (secondary N) is 1. The first-order valence-corrected chi connectivity index (χ1v) is 13.0. The molecule has 10 heteroatoms. The molecule has 0 fully saturated rings. The van der Waals surface area contributed by atoms with E-state index in [4.69, 9.17) is 21.1 Å². The largest absolute Gasteiger partial charge is 0.497 e. The molecule has 8 nitrogen and oxygen atoms in total. The van der Waals surface area contributed by atoms with Crippen molar-refractivity contribution in [2.24, 2.45) is 5.92 Å². The van der Waals surface area contributed by atoms with Gasteiger partial charge in [-0.25, -0.2) is 9.37 Å². The molecule has 4 aromatic rings. The standard InChI is InChI=1S/C30H30ClFN4O4/c1-19(2)16-35(29(38)25-7-5-6-8-26(25)32)18-28(37)34-30-33-27(20-9-11-21(31)12-10-20)17-36(30)22-13-23(39-3)15-24(14-22)40-4/h5-15,17,19H,16,18H2,1-4H3,(H,33,34,37). The van der Waals surface area contributed by atoms with E-state index in [0.717, 1.165) is 5.56 Å². The van der Waals surface area contributed by atoms with E-state index in [1.165, 1.54) is 23.1 Å². The van der Waals surface area contributed by atoms with E-state index in [1.807, 2.05) is 26.0 Å². The van der Waals surface area contributed by atoms with Gasteiger partial charge in [-0.1, -0.05) is 49.7 Å². The van der Waals surface area contributed by atoms with Crippen LogP contribution < -0.4 is 14.8 Å². The summed E-state index contributed by atoms with van der Waals surface area (Å²) in [5, 5.41) is 3.41. The molecule has 0 spiro atoms. The second-order valence-corrected chi connectivity index (χ2v) is 9.94. The van der Waals surface area contributed by atoms with Gasteiger partial charge in [-0.3, -0.25) is 19.5 Å². The van der Waals surface area contributed by atoms with Gasteiger partial charge in [0.2, 0.25) is 11.9 Å². The van der Waals surface area contributed by atoms with E-state index >= 15 is 0 Å². The van der Waals surface area contributed by atoms with Crippen LogP contribution in [0, 0.1) is 11.7 Å². The van der Waals surface area contributed by atoms with Gasteiger partial charge in [-0.15, -0.1) is 0 Å². The summed E-state index contributed by atoms with van der Waals surface area (Å²) < 4.78 is 26.9. The maximum atomic E-state index is 14.4. The summed E-state index contributed by atoms with van der Waals surface area (Å²) in [6, 6.07) is 18.2. The van der Waals surface area contributed by atoms with Gasteiger partial charge < -0.3 is 14.4 Å². The molecular weight excluding hydrogens is 535 g/mol. The molecule has 4 rings (SSSR count). The normalized spacial score (nSPS) is 10.9. The number of nitrogens with zero attached hydrogens (tertiary/aromatic N) is 3. The van der Waals surface area contributed by atoms with Crippen molar-refractivity contribution in [1.82, 2.24) is 14.5 Å². The van der Waals surface area contributed by atoms with Gasteiger partial charge in [-0.05, 0) is 30.2 Å². The van der Waals surface area contributed by atoms with Crippen molar-refractivity contribution in [3.8, 4) is 28.4 Å². The molecule has 2 amide bonds. The van der Waals surface area contributed by atoms with Crippen LogP contribution >= 0.6 is 11.6 Å². The van der Waals surface area contributed by atoms with Crippen molar-refractivity contribution in [2.75, 3.05) is 32.6 Å². The molecule has 0 radical (unpaired) electrons. The van der Waals surface area contributed by atoms with E-state index in [-0.39, 0.29) is 30.5 Å². The lowest BCUT2D eigenvalue weighted by atomic mass is 10.1. The average Bonchev–Trinajstić information content (AvgIpc) is 3.35. The van der Waals surface area contributed by atoms with E-state index in [2.05, 4.69) is 10.3 Å². The van der Waals surface area contributed by atoms with Crippen LogP contribution in [0.2, 0.25) is 5.02 Å². The third-order valence-electron chi connectivity index (χ3n) is 6.02. The number of carbonyl (C=O) groups excluding carboxylic acids is 2. The van der Waals surface area contributed by atoms with E-state index in [0.29, 0.717) is 27.9 Å². The fourth-order valence-corrected chi connectivity index (χ4v) is 4.29. The van der Waals surface area contributed by atoms with Gasteiger partial charge in [0.1, 0.15) is 23.9 Å². The van der Waals surface area contributed by atoms with Crippen molar-refractivity contribution in [3.05, 3.63) is 89.3 Å². The number of anilines is 1. The van der Waals surface area contributed by atoms with Gasteiger partial charge in [0.05, 0.1) is 31.2 Å². The summed E-state index contributed by atoms with van der Waals surface area (Å²) >= 11 is 6.06. The highest BCUT2D eigenvalue weighted by molar-refractivity contribution is 6.30. The Morgan fingerprint density at radius 1 is 1.02 bits per heavy atom. The van der Waals surface area contributed by atoms with Crippen LogP contribution in [0.5, 0.6) is 11.5 Å². The Hall–Kier alpha value is -4.37. The molecule has 3 aromatic carbocycles. The number of imidazole rings is 1. The predicted molar refractivity (Wildman–Crippen MR) is 153 cm³/mol. The van der Waals surface area contributed by atoms with Crippen molar-refractivity contribution in [3.63, 3.8) is 0 Å². The minimum atomic E-state index is -0.642. The Labute approximate surface area is 237 Å². The van der Waals surface area contributed by atoms with Crippen molar-refractivity contribution >= 4 is 29.4 Å². The number of ether oxygens (including phenoxy) is 2. The third kappa shape index (κ3) is 6.79. The first kappa shape index (κ1) is 28.6. The summed E-state index contributed by atoms with van der Waals surface area (Å²) in [4.78, 5) is 32.5. The number of methoxy groups -OCH3 is 2. The number of aromatic nitrogens is 2. The molecule has 0 aliphatic heterocycles. The maximum absolute atomic E-state index is 14.4. The highest BCUT2D eigenvalue weighted by atomic mass is 35.5. The summed E-state index contributed by atoms with van der Waals surface area (Å²) in [5.74, 6) is -0.338. The molecule has 1 aromatic heterocycles. The summed E-state index contributed by atoms with van der Waals surface area (Å²) in [5.41, 5.74) is 1.89. The summed E-state index contributed by atoms with van der Waals surface area (Å²) in [7, 11) is 3.09. The van der Waals surface area contributed by atoms with E-state index < -0.39 is 17.6 Å². The highest BCUT2D eigenvalue weighted by Gasteiger charge is 2.24. The van der Waals surface area contributed by atoms with Crippen LogP contribution in [0.4, 0.5) is 10.3 Å². The zero-order valence-corrected chi connectivity index (χ0v) is 23.4. The monoisotopic (exact) mass is 564 g/mol. The first-order chi connectivity index (χ1) is 19.2. The Balaban J connectivity index is 1.69. The Morgan fingerprint density at radius 3 is 2.27 bits per heavy atom. The number of halogens is 2. The van der Waals surface area contributed by atoms with Crippen LogP contribution in [0.1, 0.15) is 24.2 Å². The minimum Gasteiger partial charge on any atom is -0.497 e. The summed E-state index contributed by atoms with van der Waals surface area (Å²) in [6.07, 6.45) is 1.77. The number of benzene rings is 3. The molecule has 40 heavy (non-hydrogen) atoms. The number of amides is 2. The van der Waals surface area contributed by atoms with Crippen molar-refractivity contribution in [2.45, 2.75) is 13.8 Å². The Kier molecular flexibility index (Phi) is 9.06. The van der Waals surface area contributed by atoms with Gasteiger partial charge in [0.15, 0.2) is 0 Å². The van der Waals surface area contributed by atoms with E-state index in [9.17, 15) is 14.0 Å². The topological polar surface area (TPSA) is 85.7 Å². The molecule has 0 unspecified atom stereocenters. The lowest BCUT2D eigenvalue weighted by Gasteiger charge is -2.24. The lowest BCUT2D eigenvalue weighted by Crippen LogP contribution is -2.40. The fourth-order valence-electron chi connectivity index (χ4n) is 4.16. The molecule has 0 atom stereocenters. The highest BCUT2D eigenvalue weighted by Crippen LogP contribution is 2.30. The van der Waals surface area contributed by atoms with Crippen molar-refractivity contribution < 1.29 is 23.5 Å². The van der Waals surface area contributed by atoms with Crippen LogP contribution in [-0.4, -0.2) is 53.6 Å². The third-order valence-corrected chi connectivity index (χ3v) is 6.27. The van der Waals surface area contributed by atoms with E-state index in [1.54, 1.807) is 61.4 Å². The minimum absolute atomic E-state index is 0.0475. The molecule has 0 saturated carbocycles. The quantitative estimate of drug-likeness (QED) is 0.252. The molecular formula is C30H30ClFN4O4. The van der Waals surface area contributed by atoms with Crippen LogP contribution in [-0.2, 0) is 4.79 Å². The predicted octanol–water partition coefficient (Wildman–Crippen LogP) is 6.09. The number of carbonyl (C=O) groups is 2. The SMILES string of the molecule is COc1cc(OC)cc(-n2cc(-c3ccc(Cl)cc3)nc2NC(=O)CN(CC(C)C)C(=O)c2ccccc2F)c1. The van der Waals surface area contributed by atoms with Crippen LogP contribution in [0.3, 0.4) is 0 Å². The van der Waals surface area contributed by atoms with Gasteiger partial charge >= 0.3 is 0 Å². The van der Waals surface area contributed by atoms with Crippen LogP contribution in [0.25, 0.3) is 16.9 Å². The molecule has 1 heterocycles. The zero-order valence-electron chi connectivity index (χ0n) is 22.7. The second-order valence-electron chi connectivity index (χ2n) is 9.51. The fraction of sp³-hybridized carbons (Fsp3) is 0.233. The number of hydrogen-bond donors (Lipinski definition) is 1. The smallest absolute Gasteiger partial charge is 0.257 e.